The molecular formula is C11H16. The molecule has 0 aromatic heterocycles. The van der Waals surface area contributed by atoms with Crippen LogP contribution in [0.3, 0.4) is 0 Å². The minimum atomic E-state index is 1.26. The summed E-state index contributed by atoms with van der Waals surface area (Å²) in [6.07, 6.45) is 11.7. The first kappa shape index (κ1) is 8.32. The molecule has 0 fully saturated rings. The molecule has 0 atom stereocenters. The predicted octanol–water partition coefficient (Wildman–Crippen LogP) is 3.62. The molecule has 0 spiro atoms. The average molecular weight is 148 g/mol. The first-order valence-electron chi connectivity index (χ1n) is 4.32. The first-order valence-corrected chi connectivity index (χ1v) is 4.32. The molecule has 1 aliphatic rings. The first-order chi connectivity index (χ1) is 5.33. The van der Waals surface area contributed by atoms with Crippen molar-refractivity contribution in [3.63, 3.8) is 0 Å². The Morgan fingerprint density at radius 1 is 1.55 bits per heavy atom. The van der Waals surface area contributed by atoms with Crippen LogP contribution in [0.15, 0.2) is 36.0 Å². The van der Waals surface area contributed by atoms with E-state index in [9.17, 15) is 0 Å². The SMILES string of the molecule is C=C/C(C)=C/C1=CCCCC1. The van der Waals surface area contributed by atoms with Gasteiger partial charge < -0.3 is 0 Å². The summed E-state index contributed by atoms with van der Waals surface area (Å²) >= 11 is 0. The Labute approximate surface area is 69.3 Å². The molecule has 11 heavy (non-hydrogen) atoms. The molecule has 0 radical (unpaired) electrons. The van der Waals surface area contributed by atoms with E-state index in [0.29, 0.717) is 0 Å². The zero-order valence-corrected chi connectivity index (χ0v) is 7.27. The molecular weight excluding hydrogens is 132 g/mol. The lowest BCUT2D eigenvalue weighted by Gasteiger charge is -2.08. The monoisotopic (exact) mass is 148 g/mol. The molecule has 0 N–H and O–H groups in total. The fraction of sp³-hybridized carbons (Fsp3) is 0.455. The molecule has 0 saturated heterocycles. The molecule has 0 saturated carbocycles. The Bertz CT molecular complexity index is 194. The number of hydrogen-bond donors (Lipinski definition) is 0. The topological polar surface area (TPSA) is 0 Å². The summed E-state index contributed by atoms with van der Waals surface area (Å²) < 4.78 is 0. The molecule has 0 heteroatoms. The van der Waals surface area contributed by atoms with Crippen molar-refractivity contribution < 1.29 is 0 Å². The summed E-state index contributed by atoms with van der Waals surface area (Å²) in [7, 11) is 0. The highest BCUT2D eigenvalue weighted by Crippen LogP contribution is 2.19. The number of allylic oxidation sites excluding steroid dienone is 5. The van der Waals surface area contributed by atoms with Crippen LogP contribution in [-0.4, -0.2) is 0 Å². The van der Waals surface area contributed by atoms with Crippen molar-refractivity contribution in [1.82, 2.24) is 0 Å². The summed E-state index contributed by atoms with van der Waals surface area (Å²) in [5.41, 5.74) is 2.77. The van der Waals surface area contributed by atoms with Gasteiger partial charge in [-0.1, -0.05) is 36.0 Å². The van der Waals surface area contributed by atoms with E-state index < -0.39 is 0 Å². The lowest BCUT2D eigenvalue weighted by Crippen LogP contribution is -1.88. The lowest BCUT2D eigenvalue weighted by molar-refractivity contribution is 0.711. The number of hydrogen-bond acceptors (Lipinski definition) is 0. The maximum Gasteiger partial charge on any atom is -0.0282 e. The summed E-state index contributed by atoms with van der Waals surface area (Å²) in [6.45, 7) is 5.83. The van der Waals surface area contributed by atoms with E-state index in [1.54, 1.807) is 0 Å². The van der Waals surface area contributed by atoms with Gasteiger partial charge in [0, 0.05) is 0 Å². The quantitative estimate of drug-likeness (QED) is 0.525. The van der Waals surface area contributed by atoms with Crippen LogP contribution in [0.4, 0.5) is 0 Å². The highest BCUT2D eigenvalue weighted by atomic mass is 14.0. The van der Waals surface area contributed by atoms with Crippen molar-refractivity contribution in [3.05, 3.63) is 36.0 Å². The molecule has 0 aromatic rings. The molecule has 0 nitrogen and oxygen atoms in total. The van der Waals surface area contributed by atoms with Gasteiger partial charge in [-0.3, -0.25) is 0 Å². The smallest absolute Gasteiger partial charge is 0.0282 e. The standard InChI is InChI=1S/C11H16/c1-3-10(2)9-11-7-5-4-6-8-11/h3,7,9H,1,4-6,8H2,2H3/b10-9+. The van der Waals surface area contributed by atoms with Crippen LogP contribution in [0, 0.1) is 0 Å². The molecule has 60 valence electrons. The van der Waals surface area contributed by atoms with Crippen molar-refractivity contribution in [2.45, 2.75) is 32.6 Å². The van der Waals surface area contributed by atoms with Gasteiger partial charge in [0.15, 0.2) is 0 Å². The molecule has 1 rings (SSSR count). The van der Waals surface area contributed by atoms with Gasteiger partial charge >= 0.3 is 0 Å². The Morgan fingerprint density at radius 3 is 2.91 bits per heavy atom. The van der Waals surface area contributed by atoms with Crippen LogP contribution in [0.25, 0.3) is 0 Å². The minimum absolute atomic E-state index is 1.26. The summed E-state index contributed by atoms with van der Waals surface area (Å²) in [4.78, 5) is 0. The van der Waals surface area contributed by atoms with E-state index in [1.807, 2.05) is 6.08 Å². The van der Waals surface area contributed by atoms with Crippen molar-refractivity contribution in [1.29, 1.82) is 0 Å². The third kappa shape index (κ3) is 2.75. The maximum absolute atomic E-state index is 3.73. The largest absolute Gasteiger partial charge is 0.0988 e. The highest BCUT2D eigenvalue weighted by Gasteiger charge is 1.99. The molecule has 0 heterocycles. The van der Waals surface area contributed by atoms with Crippen LogP contribution in [0.2, 0.25) is 0 Å². The molecule has 0 bridgehead atoms. The van der Waals surface area contributed by atoms with Crippen LogP contribution in [-0.2, 0) is 0 Å². The van der Waals surface area contributed by atoms with Crippen LogP contribution in [0.5, 0.6) is 0 Å². The van der Waals surface area contributed by atoms with Gasteiger partial charge in [-0.15, -0.1) is 0 Å². The molecule has 1 aliphatic carbocycles. The fourth-order valence-corrected chi connectivity index (χ4v) is 1.35. The van der Waals surface area contributed by atoms with Gasteiger partial charge in [-0.05, 0) is 32.6 Å². The Kier molecular flexibility index (Phi) is 3.15. The van der Waals surface area contributed by atoms with Crippen LogP contribution in [0.1, 0.15) is 32.6 Å². The van der Waals surface area contributed by atoms with E-state index >= 15 is 0 Å². The van der Waals surface area contributed by atoms with Gasteiger partial charge in [0.25, 0.3) is 0 Å². The van der Waals surface area contributed by atoms with Gasteiger partial charge in [0.05, 0.1) is 0 Å². The molecule has 0 amide bonds. The van der Waals surface area contributed by atoms with Crippen molar-refractivity contribution in [3.8, 4) is 0 Å². The second-order valence-electron chi connectivity index (χ2n) is 3.12. The van der Waals surface area contributed by atoms with E-state index in [2.05, 4.69) is 25.7 Å². The third-order valence-corrected chi connectivity index (χ3v) is 2.06. The fourth-order valence-electron chi connectivity index (χ4n) is 1.35. The maximum atomic E-state index is 3.73. The van der Waals surface area contributed by atoms with E-state index in [-0.39, 0.29) is 0 Å². The summed E-state index contributed by atoms with van der Waals surface area (Å²) in [5.74, 6) is 0. The van der Waals surface area contributed by atoms with Crippen molar-refractivity contribution in [2.75, 3.05) is 0 Å². The minimum Gasteiger partial charge on any atom is -0.0988 e. The van der Waals surface area contributed by atoms with Gasteiger partial charge in [-0.2, -0.15) is 0 Å². The second-order valence-corrected chi connectivity index (χ2v) is 3.12. The molecule has 0 unspecified atom stereocenters. The van der Waals surface area contributed by atoms with Crippen LogP contribution >= 0.6 is 0 Å². The second kappa shape index (κ2) is 4.17. The molecule has 0 aliphatic heterocycles. The van der Waals surface area contributed by atoms with Gasteiger partial charge in [-0.25, -0.2) is 0 Å². The normalized spacial score (nSPS) is 19.4. The van der Waals surface area contributed by atoms with E-state index in [4.69, 9.17) is 0 Å². The Balaban J connectivity index is 2.59. The highest BCUT2D eigenvalue weighted by molar-refractivity contribution is 5.28. The lowest BCUT2D eigenvalue weighted by atomic mass is 9.98. The van der Waals surface area contributed by atoms with Crippen molar-refractivity contribution >= 4 is 0 Å². The molecule has 0 aromatic carbocycles. The van der Waals surface area contributed by atoms with E-state index in [1.165, 1.54) is 36.8 Å². The van der Waals surface area contributed by atoms with Gasteiger partial charge in [0.1, 0.15) is 0 Å². The number of rotatable bonds is 2. The van der Waals surface area contributed by atoms with Gasteiger partial charge in [0.2, 0.25) is 0 Å². The zero-order chi connectivity index (χ0) is 8.10. The summed E-state index contributed by atoms with van der Waals surface area (Å²) in [6, 6.07) is 0. The Hall–Kier alpha value is -0.780. The third-order valence-electron chi connectivity index (χ3n) is 2.06. The predicted molar refractivity (Wildman–Crippen MR) is 50.5 cm³/mol. The van der Waals surface area contributed by atoms with Crippen molar-refractivity contribution in [2.24, 2.45) is 0 Å². The average Bonchev–Trinajstić information content (AvgIpc) is 2.06. The summed E-state index contributed by atoms with van der Waals surface area (Å²) in [5, 5.41) is 0. The Morgan fingerprint density at radius 2 is 2.36 bits per heavy atom. The van der Waals surface area contributed by atoms with Crippen LogP contribution < -0.4 is 0 Å². The van der Waals surface area contributed by atoms with E-state index in [0.717, 1.165) is 0 Å². The zero-order valence-electron chi connectivity index (χ0n) is 7.27.